The lowest BCUT2D eigenvalue weighted by molar-refractivity contribution is 0.0600. The summed E-state index contributed by atoms with van der Waals surface area (Å²) in [6.07, 6.45) is 1.47. The quantitative estimate of drug-likeness (QED) is 0.605. The Balaban J connectivity index is 1.68. The Bertz CT molecular complexity index is 1020. The summed E-state index contributed by atoms with van der Waals surface area (Å²) in [6.45, 7) is 1.89. The summed E-state index contributed by atoms with van der Waals surface area (Å²) in [7, 11) is 1.33. The fraction of sp³-hybridized carbons (Fsp3) is 0.0952. The fourth-order valence-electron chi connectivity index (χ4n) is 2.47. The van der Waals surface area contributed by atoms with E-state index >= 15 is 0 Å². The number of ether oxygens (including phenoxy) is 1. The lowest BCUT2D eigenvalue weighted by Crippen LogP contribution is -2.12. The predicted molar refractivity (Wildman–Crippen MR) is 109 cm³/mol. The highest BCUT2D eigenvalue weighted by Crippen LogP contribution is 2.21. The van der Waals surface area contributed by atoms with Gasteiger partial charge in [-0.3, -0.25) is 4.79 Å². The summed E-state index contributed by atoms with van der Waals surface area (Å²) < 4.78 is 4.71. The minimum atomic E-state index is -0.417. The number of pyridine rings is 1. The minimum Gasteiger partial charge on any atom is -0.465 e. The highest BCUT2D eigenvalue weighted by atomic mass is 35.5. The molecule has 6 nitrogen and oxygen atoms in total. The van der Waals surface area contributed by atoms with E-state index in [1.54, 1.807) is 48.5 Å². The molecule has 1 amide bonds. The normalized spacial score (nSPS) is 10.2. The zero-order valence-corrected chi connectivity index (χ0v) is 16.1. The summed E-state index contributed by atoms with van der Waals surface area (Å²) in [6, 6.07) is 15.5. The molecule has 0 saturated heterocycles. The summed E-state index contributed by atoms with van der Waals surface area (Å²) in [5.74, 6) is -0.163. The molecule has 0 unspecified atom stereocenters. The van der Waals surface area contributed by atoms with E-state index in [0.29, 0.717) is 33.3 Å². The lowest BCUT2D eigenvalue weighted by atomic mass is 10.2. The molecular weight excluding hydrogens is 378 g/mol. The fourth-order valence-corrected chi connectivity index (χ4v) is 2.65. The molecule has 3 rings (SSSR count). The van der Waals surface area contributed by atoms with Crippen molar-refractivity contribution in [2.24, 2.45) is 0 Å². The van der Waals surface area contributed by atoms with Crippen molar-refractivity contribution in [3.05, 3.63) is 82.5 Å². The maximum absolute atomic E-state index is 12.4. The van der Waals surface area contributed by atoms with Crippen molar-refractivity contribution >= 4 is 40.7 Å². The smallest absolute Gasteiger partial charge is 0.337 e. The molecule has 7 heteroatoms. The summed E-state index contributed by atoms with van der Waals surface area (Å²) in [5.41, 5.74) is 3.07. The topological polar surface area (TPSA) is 80.3 Å². The van der Waals surface area contributed by atoms with Crippen molar-refractivity contribution in [2.45, 2.75) is 6.92 Å². The van der Waals surface area contributed by atoms with Crippen LogP contribution in [-0.2, 0) is 4.74 Å². The van der Waals surface area contributed by atoms with Crippen molar-refractivity contribution < 1.29 is 14.3 Å². The first-order valence-corrected chi connectivity index (χ1v) is 8.83. The van der Waals surface area contributed by atoms with Gasteiger partial charge in [-0.2, -0.15) is 0 Å². The number of esters is 1. The maximum Gasteiger partial charge on any atom is 0.337 e. The third-order valence-electron chi connectivity index (χ3n) is 4.01. The van der Waals surface area contributed by atoms with Gasteiger partial charge in [0.25, 0.3) is 5.91 Å². The number of amides is 1. The Morgan fingerprint density at radius 3 is 2.50 bits per heavy atom. The highest BCUT2D eigenvalue weighted by Gasteiger charge is 2.09. The molecule has 1 aromatic heterocycles. The highest BCUT2D eigenvalue weighted by molar-refractivity contribution is 6.31. The number of halogens is 1. The molecule has 0 fully saturated rings. The van der Waals surface area contributed by atoms with Gasteiger partial charge in [-0.15, -0.1) is 0 Å². The van der Waals surface area contributed by atoms with E-state index in [9.17, 15) is 9.59 Å². The van der Waals surface area contributed by atoms with Crippen LogP contribution in [0.25, 0.3) is 0 Å². The van der Waals surface area contributed by atoms with Crippen LogP contribution in [0.4, 0.5) is 17.2 Å². The first-order chi connectivity index (χ1) is 13.5. The molecule has 0 bridgehead atoms. The van der Waals surface area contributed by atoms with Crippen molar-refractivity contribution in [3.8, 4) is 0 Å². The number of nitrogens with one attached hydrogen (secondary N) is 2. The Kier molecular flexibility index (Phi) is 5.91. The SMILES string of the molecule is COC(=O)c1cccc(Nc2ccc(C(=O)Nc3ccc(C)c(Cl)c3)cn2)c1. The van der Waals surface area contributed by atoms with E-state index in [0.717, 1.165) is 5.56 Å². The average Bonchev–Trinajstić information content (AvgIpc) is 2.71. The second-order valence-corrected chi connectivity index (χ2v) is 6.45. The molecule has 28 heavy (non-hydrogen) atoms. The first kappa shape index (κ1) is 19.4. The van der Waals surface area contributed by atoms with E-state index in [-0.39, 0.29) is 5.91 Å². The zero-order valence-electron chi connectivity index (χ0n) is 15.3. The summed E-state index contributed by atoms with van der Waals surface area (Å²) in [5, 5.41) is 6.46. The molecule has 0 spiro atoms. The van der Waals surface area contributed by atoms with Crippen molar-refractivity contribution in [1.82, 2.24) is 4.98 Å². The van der Waals surface area contributed by atoms with Crippen LogP contribution in [0.2, 0.25) is 5.02 Å². The van der Waals surface area contributed by atoms with Crippen LogP contribution in [0.5, 0.6) is 0 Å². The van der Waals surface area contributed by atoms with Gasteiger partial charge in [0.15, 0.2) is 0 Å². The number of nitrogens with zero attached hydrogens (tertiary/aromatic N) is 1. The van der Waals surface area contributed by atoms with Crippen LogP contribution < -0.4 is 10.6 Å². The molecule has 0 aliphatic rings. The Labute approximate surface area is 167 Å². The number of carbonyl (C=O) groups is 2. The van der Waals surface area contributed by atoms with Gasteiger partial charge in [-0.05, 0) is 55.0 Å². The van der Waals surface area contributed by atoms with E-state index in [1.807, 2.05) is 13.0 Å². The zero-order chi connectivity index (χ0) is 20.1. The van der Waals surface area contributed by atoms with Gasteiger partial charge in [0, 0.05) is 22.6 Å². The van der Waals surface area contributed by atoms with Crippen LogP contribution in [0, 0.1) is 6.92 Å². The van der Waals surface area contributed by atoms with E-state index < -0.39 is 5.97 Å². The largest absolute Gasteiger partial charge is 0.465 e. The number of methoxy groups -OCH3 is 1. The van der Waals surface area contributed by atoms with Gasteiger partial charge in [0.2, 0.25) is 0 Å². The second-order valence-electron chi connectivity index (χ2n) is 6.05. The minimum absolute atomic E-state index is 0.286. The number of hydrogen-bond acceptors (Lipinski definition) is 5. The van der Waals surface area contributed by atoms with Crippen LogP contribution in [0.3, 0.4) is 0 Å². The van der Waals surface area contributed by atoms with Gasteiger partial charge in [-0.25, -0.2) is 9.78 Å². The van der Waals surface area contributed by atoms with Crippen LogP contribution in [0.1, 0.15) is 26.3 Å². The number of rotatable bonds is 5. The molecule has 2 aromatic carbocycles. The van der Waals surface area contributed by atoms with Gasteiger partial charge >= 0.3 is 5.97 Å². The monoisotopic (exact) mass is 395 g/mol. The number of aryl methyl sites for hydroxylation is 1. The second kappa shape index (κ2) is 8.54. The molecule has 1 heterocycles. The summed E-state index contributed by atoms with van der Waals surface area (Å²) >= 11 is 6.08. The van der Waals surface area contributed by atoms with Crippen molar-refractivity contribution in [3.63, 3.8) is 0 Å². The first-order valence-electron chi connectivity index (χ1n) is 8.45. The molecule has 3 aromatic rings. The predicted octanol–water partition coefficient (Wildman–Crippen LogP) is 4.83. The molecule has 0 aliphatic carbocycles. The van der Waals surface area contributed by atoms with Gasteiger partial charge in [0.05, 0.1) is 18.2 Å². The molecule has 2 N–H and O–H groups in total. The Hall–Kier alpha value is -3.38. The number of hydrogen-bond donors (Lipinski definition) is 2. The number of benzene rings is 2. The van der Waals surface area contributed by atoms with Crippen LogP contribution >= 0.6 is 11.6 Å². The van der Waals surface area contributed by atoms with Gasteiger partial charge < -0.3 is 15.4 Å². The Morgan fingerprint density at radius 1 is 1.00 bits per heavy atom. The maximum atomic E-state index is 12.4. The number of anilines is 3. The van der Waals surface area contributed by atoms with Gasteiger partial charge in [0.1, 0.15) is 5.82 Å². The number of carbonyl (C=O) groups excluding carboxylic acids is 2. The third kappa shape index (κ3) is 4.66. The standard InChI is InChI=1S/C21H18ClN3O3/c1-13-6-8-17(11-18(13)22)25-20(26)15-7-9-19(23-12-15)24-16-5-3-4-14(10-16)21(27)28-2/h3-12H,1-2H3,(H,23,24)(H,25,26). The third-order valence-corrected chi connectivity index (χ3v) is 4.42. The van der Waals surface area contributed by atoms with Gasteiger partial charge in [-0.1, -0.05) is 23.7 Å². The molecule has 0 saturated carbocycles. The van der Waals surface area contributed by atoms with Crippen LogP contribution in [-0.4, -0.2) is 24.0 Å². The molecule has 0 radical (unpaired) electrons. The summed E-state index contributed by atoms with van der Waals surface area (Å²) in [4.78, 5) is 28.2. The van der Waals surface area contributed by atoms with Crippen molar-refractivity contribution in [1.29, 1.82) is 0 Å². The van der Waals surface area contributed by atoms with Crippen LogP contribution in [0.15, 0.2) is 60.8 Å². The Morgan fingerprint density at radius 2 is 1.82 bits per heavy atom. The molecular formula is C21H18ClN3O3. The van der Waals surface area contributed by atoms with Crippen molar-refractivity contribution in [2.75, 3.05) is 17.7 Å². The van der Waals surface area contributed by atoms with E-state index in [4.69, 9.17) is 16.3 Å². The van der Waals surface area contributed by atoms with E-state index in [2.05, 4.69) is 15.6 Å². The molecule has 0 aliphatic heterocycles. The molecule has 0 atom stereocenters. The van der Waals surface area contributed by atoms with E-state index in [1.165, 1.54) is 13.3 Å². The number of aromatic nitrogens is 1. The lowest BCUT2D eigenvalue weighted by Gasteiger charge is -2.09. The average molecular weight is 396 g/mol. The molecule has 142 valence electrons.